The molecule has 0 fully saturated rings. The molecular weight excluding hydrogens is 317 g/mol. The normalized spacial score (nSPS) is 10.1. The molecule has 0 heterocycles. The van der Waals surface area contributed by atoms with Gasteiger partial charge in [0.1, 0.15) is 0 Å². The fourth-order valence-electron chi connectivity index (χ4n) is 2.04. The Balaban J connectivity index is 2.03. The van der Waals surface area contributed by atoms with Crippen molar-refractivity contribution in [2.45, 2.75) is 6.92 Å². The lowest BCUT2D eigenvalue weighted by Gasteiger charge is -2.10. The molecule has 0 bridgehead atoms. The van der Waals surface area contributed by atoms with Crippen LogP contribution in [0.4, 0.5) is 21.5 Å². The first-order chi connectivity index (χ1) is 11.4. The molecule has 2 aromatic carbocycles. The Morgan fingerprint density at radius 1 is 1.21 bits per heavy atom. The molecule has 0 saturated carbocycles. The van der Waals surface area contributed by atoms with Crippen LogP contribution < -0.4 is 10.6 Å². The van der Waals surface area contributed by atoms with E-state index in [-0.39, 0.29) is 18.0 Å². The lowest BCUT2D eigenvalue weighted by Crippen LogP contribution is -2.22. The van der Waals surface area contributed by atoms with Gasteiger partial charge >= 0.3 is 5.69 Å². The quantitative estimate of drug-likeness (QED) is 0.481. The van der Waals surface area contributed by atoms with Crippen LogP contribution in [0.2, 0.25) is 0 Å². The monoisotopic (exact) mass is 331 g/mol. The molecule has 2 rings (SSSR count). The summed E-state index contributed by atoms with van der Waals surface area (Å²) in [6, 6.07) is 9.79. The standard InChI is InChI=1S/C16H14FN3O4/c1-10(21)12-4-2-3-5-14(12)19-16(22)9-18-11-6-7-13(17)15(8-11)20(23)24/h2-8,18H,9H2,1H3,(H,19,22). The molecular formula is C16H14FN3O4. The summed E-state index contributed by atoms with van der Waals surface area (Å²) in [5.41, 5.74) is 0.311. The van der Waals surface area contributed by atoms with Crippen molar-refractivity contribution in [1.29, 1.82) is 0 Å². The second-order valence-corrected chi connectivity index (χ2v) is 4.93. The summed E-state index contributed by atoms with van der Waals surface area (Å²) in [5, 5.41) is 15.9. The van der Waals surface area contributed by atoms with E-state index in [1.165, 1.54) is 13.0 Å². The summed E-state index contributed by atoms with van der Waals surface area (Å²) >= 11 is 0. The Morgan fingerprint density at radius 3 is 2.58 bits per heavy atom. The third-order valence-corrected chi connectivity index (χ3v) is 3.18. The molecule has 0 unspecified atom stereocenters. The molecule has 0 atom stereocenters. The van der Waals surface area contributed by atoms with E-state index in [1.807, 2.05) is 0 Å². The molecule has 124 valence electrons. The molecule has 0 saturated heterocycles. The van der Waals surface area contributed by atoms with Crippen LogP contribution in [0.1, 0.15) is 17.3 Å². The predicted octanol–water partition coefficient (Wildman–Crippen LogP) is 2.99. The van der Waals surface area contributed by atoms with Gasteiger partial charge in [-0.25, -0.2) is 0 Å². The van der Waals surface area contributed by atoms with Crippen LogP contribution in [0.25, 0.3) is 0 Å². The molecule has 0 radical (unpaired) electrons. The molecule has 1 amide bonds. The molecule has 0 spiro atoms. The van der Waals surface area contributed by atoms with Gasteiger partial charge in [0.15, 0.2) is 5.78 Å². The van der Waals surface area contributed by atoms with E-state index in [1.54, 1.807) is 24.3 Å². The van der Waals surface area contributed by atoms with Crippen LogP contribution in [0.3, 0.4) is 0 Å². The number of hydrogen-bond acceptors (Lipinski definition) is 5. The highest BCUT2D eigenvalue weighted by molar-refractivity contribution is 6.04. The number of rotatable bonds is 6. The van der Waals surface area contributed by atoms with E-state index in [9.17, 15) is 24.1 Å². The zero-order valence-electron chi connectivity index (χ0n) is 12.7. The van der Waals surface area contributed by atoms with E-state index in [0.29, 0.717) is 11.3 Å². The number of nitro groups is 1. The summed E-state index contributed by atoms with van der Waals surface area (Å²) < 4.78 is 13.2. The van der Waals surface area contributed by atoms with Gasteiger partial charge in [-0.15, -0.1) is 0 Å². The van der Waals surface area contributed by atoms with Crippen molar-refractivity contribution in [2.24, 2.45) is 0 Å². The Hall–Kier alpha value is -3.29. The second-order valence-electron chi connectivity index (χ2n) is 4.93. The lowest BCUT2D eigenvalue weighted by molar-refractivity contribution is -0.387. The van der Waals surface area contributed by atoms with Crippen molar-refractivity contribution < 1.29 is 18.9 Å². The number of halogens is 1. The summed E-state index contributed by atoms with van der Waals surface area (Å²) in [6.45, 7) is 1.19. The topological polar surface area (TPSA) is 101 Å². The molecule has 0 aliphatic heterocycles. The summed E-state index contributed by atoms with van der Waals surface area (Å²) in [6.07, 6.45) is 0. The minimum Gasteiger partial charge on any atom is -0.376 e. The first-order valence-corrected chi connectivity index (χ1v) is 6.96. The number of nitro benzene ring substituents is 1. The van der Waals surface area contributed by atoms with Crippen molar-refractivity contribution in [1.82, 2.24) is 0 Å². The predicted molar refractivity (Wildman–Crippen MR) is 86.6 cm³/mol. The maximum atomic E-state index is 13.2. The highest BCUT2D eigenvalue weighted by atomic mass is 19.1. The number of carbonyl (C=O) groups is 2. The fourth-order valence-corrected chi connectivity index (χ4v) is 2.04. The fraction of sp³-hybridized carbons (Fsp3) is 0.125. The van der Waals surface area contributed by atoms with Crippen LogP contribution in [-0.4, -0.2) is 23.2 Å². The van der Waals surface area contributed by atoms with Crippen LogP contribution in [0.5, 0.6) is 0 Å². The van der Waals surface area contributed by atoms with Crippen LogP contribution >= 0.6 is 0 Å². The Morgan fingerprint density at radius 2 is 1.92 bits per heavy atom. The average molecular weight is 331 g/mol. The zero-order valence-corrected chi connectivity index (χ0v) is 12.7. The van der Waals surface area contributed by atoms with Crippen molar-refractivity contribution in [3.05, 3.63) is 64.0 Å². The molecule has 0 aliphatic carbocycles. The number of hydrogen-bond donors (Lipinski definition) is 2. The van der Waals surface area contributed by atoms with Gasteiger partial charge in [-0.05, 0) is 31.2 Å². The van der Waals surface area contributed by atoms with Crippen molar-refractivity contribution in [3.63, 3.8) is 0 Å². The highest BCUT2D eigenvalue weighted by Crippen LogP contribution is 2.21. The number of para-hydroxylation sites is 1. The minimum atomic E-state index is -0.953. The van der Waals surface area contributed by atoms with E-state index < -0.39 is 22.3 Å². The molecule has 2 aromatic rings. The van der Waals surface area contributed by atoms with Gasteiger partial charge in [0.25, 0.3) is 0 Å². The van der Waals surface area contributed by atoms with E-state index in [2.05, 4.69) is 10.6 Å². The SMILES string of the molecule is CC(=O)c1ccccc1NC(=O)CNc1ccc(F)c([N+](=O)[O-])c1. The van der Waals surface area contributed by atoms with Gasteiger partial charge in [-0.3, -0.25) is 19.7 Å². The molecule has 24 heavy (non-hydrogen) atoms. The third kappa shape index (κ3) is 4.13. The first kappa shape index (κ1) is 17.1. The highest BCUT2D eigenvalue weighted by Gasteiger charge is 2.15. The number of ketones is 1. The smallest absolute Gasteiger partial charge is 0.306 e. The van der Waals surface area contributed by atoms with Crippen LogP contribution in [0, 0.1) is 15.9 Å². The maximum Gasteiger partial charge on any atom is 0.306 e. The van der Waals surface area contributed by atoms with Gasteiger partial charge in [0.2, 0.25) is 11.7 Å². The van der Waals surface area contributed by atoms with Gasteiger partial charge in [0, 0.05) is 17.3 Å². The third-order valence-electron chi connectivity index (χ3n) is 3.18. The number of amides is 1. The van der Waals surface area contributed by atoms with Gasteiger partial charge in [0.05, 0.1) is 17.2 Å². The Kier molecular flexibility index (Phi) is 5.20. The Labute approximate surface area is 136 Å². The average Bonchev–Trinajstić information content (AvgIpc) is 2.54. The van der Waals surface area contributed by atoms with Gasteiger partial charge < -0.3 is 10.6 Å². The minimum absolute atomic E-state index is 0.187. The zero-order chi connectivity index (χ0) is 17.7. The van der Waals surface area contributed by atoms with Gasteiger partial charge in [-0.1, -0.05) is 12.1 Å². The molecule has 7 nitrogen and oxygen atoms in total. The van der Waals surface area contributed by atoms with E-state index in [0.717, 1.165) is 12.1 Å². The van der Waals surface area contributed by atoms with Crippen molar-refractivity contribution in [2.75, 3.05) is 17.2 Å². The Bertz CT molecular complexity index is 808. The maximum absolute atomic E-state index is 13.2. The summed E-state index contributed by atoms with van der Waals surface area (Å²) in [5.74, 6) is -1.59. The first-order valence-electron chi connectivity index (χ1n) is 6.96. The van der Waals surface area contributed by atoms with Crippen LogP contribution in [-0.2, 0) is 4.79 Å². The summed E-state index contributed by atoms with van der Waals surface area (Å²) in [7, 11) is 0. The van der Waals surface area contributed by atoms with E-state index >= 15 is 0 Å². The molecule has 0 aliphatic rings. The number of nitrogens with one attached hydrogen (secondary N) is 2. The van der Waals surface area contributed by atoms with Crippen molar-refractivity contribution >= 4 is 28.8 Å². The van der Waals surface area contributed by atoms with Crippen molar-refractivity contribution in [3.8, 4) is 0 Å². The lowest BCUT2D eigenvalue weighted by atomic mass is 10.1. The molecule has 8 heteroatoms. The van der Waals surface area contributed by atoms with E-state index in [4.69, 9.17) is 0 Å². The summed E-state index contributed by atoms with van der Waals surface area (Å²) in [4.78, 5) is 33.3. The number of anilines is 2. The number of Topliss-reactive ketones (excluding diaryl/α,β-unsaturated/α-hetero) is 1. The van der Waals surface area contributed by atoms with Crippen LogP contribution in [0.15, 0.2) is 42.5 Å². The molecule has 0 aromatic heterocycles. The number of benzene rings is 2. The number of nitrogens with zero attached hydrogens (tertiary/aromatic N) is 1. The second kappa shape index (κ2) is 7.32. The largest absolute Gasteiger partial charge is 0.376 e. The molecule has 2 N–H and O–H groups in total. The number of carbonyl (C=O) groups excluding carboxylic acids is 2. The van der Waals surface area contributed by atoms with Gasteiger partial charge in [-0.2, -0.15) is 4.39 Å².